The van der Waals surface area contributed by atoms with Crippen molar-refractivity contribution in [3.8, 4) is 11.1 Å². The van der Waals surface area contributed by atoms with Crippen molar-refractivity contribution in [1.82, 2.24) is 9.78 Å². The van der Waals surface area contributed by atoms with E-state index in [9.17, 15) is 13.6 Å². The van der Waals surface area contributed by atoms with Crippen LogP contribution in [0, 0.1) is 18.6 Å². The molecule has 6 heteroatoms. The molecule has 0 atom stereocenters. The highest BCUT2D eigenvalue weighted by atomic mass is 19.1. The quantitative estimate of drug-likeness (QED) is 0.792. The first kappa shape index (κ1) is 15.9. The van der Waals surface area contributed by atoms with Gasteiger partial charge in [0.15, 0.2) is 0 Å². The summed E-state index contributed by atoms with van der Waals surface area (Å²) >= 11 is 0. The molecule has 0 bridgehead atoms. The summed E-state index contributed by atoms with van der Waals surface area (Å²) in [6.07, 6.45) is 1.48. The van der Waals surface area contributed by atoms with E-state index < -0.39 is 5.82 Å². The van der Waals surface area contributed by atoms with E-state index in [-0.39, 0.29) is 11.7 Å². The molecule has 0 aliphatic rings. The number of aryl methyl sites for hydroxylation is 1. The summed E-state index contributed by atoms with van der Waals surface area (Å²) in [4.78, 5) is 12.5. The second-order valence-electron chi connectivity index (χ2n) is 5.42. The van der Waals surface area contributed by atoms with Crippen molar-refractivity contribution in [2.24, 2.45) is 7.05 Å². The number of anilines is 1. The van der Waals surface area contributed by atoms with Crippen LogP contribution in [0.4, 0.5) is 14.5 Å². The van der Waals surface area contributed by atoms with Crippen LogP contribution in [0.1, 0.15) is 16.1 Å². The highest BCUT2D eigenvalue weighted by Gasteiger charge is 2.15. The third kappa shape index (κ3) is 3.03. The molecule has 0 fully saturated rings. The smallest absolute Gasteiger partial charge is 0.259 e. The number of nitrogens with one attached hydrogen (secondary N) is 1. The molecule has 0 aliphatic carbocycles. The van der Waals surface area contributed by atoms with Gasteiger partial charge in [0.05, 0.1) is 11.8 Å². The summed E-state index contributed by atoms with van der Waals surface area (Å²) in [5, 5.41) is 6.81. The Kier molecular flexibility index (Phi) is 4.12. The van der Waals surface area contributed by atoms with E-state index >= 15 is 0 Å². The highest BCUT2D eigenvalue weighted by molar-refractivity contribution is 6.06. The zero-order valence-electron chi connectivity index (χ0n) is 13.2. The molecule has 2 aromatic carbocycles. The van der Waals surface area contributed by atoms with E-state index in [1.54, 1.807) is 18.7 Å². The molecule has 122 valence electrons. The van der Waals surface area contributed by atoms with Crippen LogP contribution in [0.3, 0.4) is 0 Å². The molecule has 1 heterocycles. The molecule has 0 unspecified atom stereocenters. The first-order valence-corrected chi connectivity index (χ1v) is 7.31. The van der Waals surface area contributed by atoms with Crippen LogP contribution >= 0.6 is 0 Å². The number of aromatic nitrogens is 2. The SMILES string of the molecule is Cc1c(C(=O)Nc2ccc(F)cc2-c2ccc(F)cc2)cnn1C. The summed E-state index contributed by atoms with van der Waals surface area (Å²) < 4.78 is 28.3. The standard InChI is InChI=1S/C18H15F2N3O/c1-11-16(10-21-23(11)2)18(24)22-17-8-7-14(20)9-15(17)12-3-5-13(19)6-4-12/h3-10H,1-2H3,(H,22,24). The Morgan fingerprint density at radius 2 is 1.75 bits per heavy atom. The van der Waals surface area contributed by atoms with Crippen LogP contribution in [-0.2, 0) is 7.05 Å². The van der Waals surface area contributed by atoms with Gasteiger partial charge in [0, 0.05) is 24.0 Å². The number of halogens is 2. The largest absolute Gasteiger partial charge is 0.321 e. The maximum atomic E-state index is 13.6. The van der Waals surface area contributed by atoms with Crippen molar-refractivity contribution in [3.63, 3.8) is 0 Å². The average Bonchev–Trinajstić information content (AvgIpc) is 2.89. The second kappa shape index (κ2) is 6.23. The fourth-order valence-electron chi connectivity index (χ4n) is 2.41. The monoisotopic (exact) mass is 327 g/mol. The molecular weight excluding hydrogens is 312 g/mol. The van der Waals surface area contributed by atoms with Gasteiger partial charge in [-0.25, -0.2) is 8.78 Å². The van der Waals surface area contributed by atoms with Crippen molar-refractivity contribution in [2.45, 2.75) is 6.92 Å². The normalized spacial score (nSPS) is 10.7. The Morgan fingerprint density at radius 3 is 2.38 bits per heavy atom. The average molecular weight is 327 g/mol. The van der Waals surface area contributed by atoms with Gasteiger partial charge in [0.25, 0.3) is 5.91 Å². The lowest BCUT2D eigenvalue weighted by molar-refractivity contribution is 0.102. The maximum Gasteiger partial charge on any atom is 0.259 e. The predicted molar refractivity (Wildman–Crippen MR) is 87.7 cm³/mol. The minimum absolute atomic E-state index is 0.337. The van der Waals surface area contributed by atoms with Crippen molar-refractivity contribution in [1.29, 1.82) is 0 Å². The minimum atomic E-state index is -0.440. The van der Waals surface area contributed by atoms with Crippen LogP contribution in [0.25, 0.3) is 11.1 Å². The van der Waals surface area contributed by atoms with Gasteiger partial charge in [0.1, 0.15) is 11.6 Å². The number of nitrogens with zero attached hydrogens (tertiary/aromatic N) is 2. The lowest BCUT2D eigenvalue weighted by atomic mass is 10.0. The zero-order chi connectivity index (χ0) is 17.3. The summed E-state index contributed by atoms with van der Waals surface area (Å²) in [7, 11) is 1.74. The number of hydrogen-bond donors (Lipinski definition) is 1. The number of benzene rings is 2. The number of hydrogen-bond acceptors (Lipinski definition) is 2. The first-order valence-electron chi connectivity index (χ1n) is 7.31. The van der Waals surface area contributed by atoms with Crippen LogP contribution in [-0.4, -0.2) is 15.7 Å². The Hall–Kier alpha value is -3.02. The zero-order valence-corrected chi connectivity index (χ0v) is 13.2. The number of rotatable bonds is 3. The molecule has 1 aromatic heterocycles. The molecule has 1 amide bonds. The van der Waals surface area contributed by atoms with E-state index in [2.05, 4.69) is 10.4 Å². The minimum Gasteiger partial charge on any atom is -0.321 e. The van der Waals surface area contributed by atoms with E-state index in [1.165, 1.54) is 48.7 Å². The third-order valence-electron chi connectivity index (χ3n) is 3.86. The first-order chi connectivity index (χ1) is 11.5. The van der Waals surface area contributed by atoms with Crippen molar-refractivity contribution < 1.29 is 13.6 Å². The summed E-state index contributed by atoms with van der Waals surface area (Å²) in [6, 6.07) is 9.70. The maximum absolute atomic E-state index is 13.6. The van der Waals surface area contributed by atoms with Gasteiger partial charge >= 0.3 is 0 Å². The predicted octanol–water partition coefficient (Wildman–Crippen LogP) is 3.93. The molecule has 24 heavy (non-hydrogen) atoms. The molecule has 3 aromatic rings. The number of carbonyl (C=O) groups is 1. The van der Waals surface area contributed by atoms with E-state index in [1.807, 2.05) is 0 Å². The van der Waals surface area contributed by atoms with Crippen molar-refractivity contribution in [3.05, 3.63) is 71.6 Å². The van der Waals surface area contributed by atoms with Gasteiger partial charge < -0.3 is 5.32 Å². The van der Waals surface area contributed by atoms with Crippen molar-refractivity contribution >= 4 is 11.6 Å². The lowest BCUT2D eigenvalue weighted by Gasteiger charge is -2.12. The number of amides is 1. The third-order valence-corrected chi connectivity index (χ3v) is 3.86. The molecule has 4 nitrogen and oxygen atoms in total. The topological polar surface area (TPSA) is 46.9 Å². The highest BCUT2D eigenvalue weighted by Crippen LogP contribution is 2.29. The second-order valence-corrected chi connectivity index (χ2v) is 5.42. The fraction of sp³-hybridized carbons (Fsp3) is 0.111. The molecule has 0 radical (unpaired) electrons. The molecule has 0 saturated heterocycles. The molecule has 3 rings (SSSR count). The summed E-state index contributed by atoms with van der Waals surface area (Å²) in [6.45, 7) is 1.79. The summed E-state index contributed by atoms with van der Waals surface area (Å²) in [5.41, 5.74) is 2.68. The molecule has 1 N–H and O–H groups in total. The summed E-state index contributed by atoms with van der Waals surface area (Å²) in [5.74, 6) is -1.16. The van der Waals surface area contributed by atoms with Gasteiger partial charge in [0.2, 0.25) is 0 Å². The Morgan fingerprint density at radius 1 is 1.08 bits per heavy atom. The Bertz CT molecular complexity index is 901. The van der Waals surface area contributed by atoms with Crippen LogP contribution in [0.15, 0.2) is 48.7 Å². The number of carbonyl (C=O) groups excluding carboxylic acids is 1. The van der Waals surface area contributed by atoms with Crippen LogP contribution in [0.2, 0.25) is 0 Å². The molecule has 0 aliphatic heterocycles. The molecule has 0 spiro atoms. The van der Waals surface area contributed by atoms with Gasteiger partial charge in [-0.1, -0.05) is 12.1 Å². The molecule has 0 saturated carbocycles. The fourth-order valence-corrected chi connectivity index (χ4v) is 2.41. The van der Waals surface area contributed by atoms with Gasteiger partial charge in [-0.3, -0.25) is 9.48 Å². The van der Waals surface area contributed by atoms with Gasteiger partial charge in [-0.15, -0.1) is 0 Å². The van der Waals surface area contributed by atoms with Crippen LogP contribution in [0.5, 0.6) is 0 Å². The Balaban J connectivity index is 1.98. The lowest BCUT2D eigenvalue weighted by Crippen LogP contribution is -2.13. The van der Waals surface area contributed by atoms with Crippen molar-refractivity contribution in [2.75, 3.05) is 5.32 Å². The van der Waals surface area contributed by atoms with Gasteiger partial charge in [-0.2, -0.15) is 5.10 Å². The molecular formula is C18H15F2N3O. The Labute approximate surface area is 137 Å². The van der Waals surface area contributed by atoms with Gasteiger partial charge in [-0.05, 0) is 42.8 Å². The van der Waals surface area contributed by atoms with E-state index in [0.717, 1.165) is 5.69 Å². The van der Waals surface area contributed by atoms with E-state index in [0.29, 0.717) is 22.4 Å². The van der Waals surface area contributed by atoms with Crippen LogP contribution < -0.4 is 5.32 Å². The van der Waals surface area contributed by atoms with E-state index in [4.69, 9.17) is 0 Å².